The number of hydrogen-bond donors (Lipinski definition) is 1. The van der Waals surface area contributed by atoms with Crippen LogP contribution in [0.4, 0.5) is 0 Å². The minimum Gasteiger partial charge on any atom is -0.493 e. The van der Waals surface area contributed by atoms with Crippen molar-refractivity contribution in [2.45, 2.75) is 71.9 Å². The largest absolute Gasteiger partial charge is 0.493 e. The van der Waals surface area contributed by atoms with Gasteiger partial charge >= 0.3 is 0 Å². The van der Waals surface area contributed by atoms with E-state index >= 15 is 0 Å². The van der Waals surface area contributed by atoms with E-state index in [1.54, 1.807) is 7.11 Å². The van der Waals surface area contributed by atoms with Crippen LogP contribution in [0.15, 0.2) is 6.20 Å². The SMILES string of the molecule is CCCNC(c1c(OC)cnn1CC)C1(CC)CCCC1. The number of nitrogens with zero attached hydrogens (tertiary/aromatic N) is 2. The van der Waals surface area contributed by atoms with Gasteiger partial charge in [0.25, 0.3) is 0 Å². The summed E-state index contributed by atoms with van der Waals surface area (Å²) in [6.07, 6.45) is 9.55. The molecule has 0 spiro atoms. The summed E-state index contributed by atoms with van der Waals surface area (Å²) < 4.78 is 7.73. The highest BCUT2D eigenvalue weighted by molar-refractivity contribution is 5.30. The van der Waals surface area contributed by atoms with E-state index in [9.17, 15) is 0 Å². The van der Waals surface area contributed by atoms with Crippen molar-refractivity contribution in [2.75, 3.05) is 13.7 Å². The first-order chi connectivity index (χ1) is 10.2. The van der Waals surface area contributed by atoms with Gasteiger partial charge in [-0.25, -0.2) is 0 Å². The molecule has 1 unspecified atom stereocenters. The van der Waals surface area contributed by atoms with Gasteiger partial charge in [0, 0.05) is 6.54 Å². The number of aromatic nitrogens is 2. The van der Waals surface area contributed by atoms with Crippen LogP contribution in [0.5, 0.6) is 5.75 Å². The molecule has 4 nitrogen and oxygen atoms in total. The maximum atomic E-state index is 5.61. The van der Waals surface area contributed by atoms with Crippen molar-refractivity contribution in [3.05, 3.63) is 11.9 Å². The van der Waals surface area contributed by atoms with E-state index in [0.29, 0.717) is 11.5 Å². The summed E-state index contributed by atoms with van der Waals surface area (Å²) in [7, 11) is 1.75. The monoisotopic (exact) mass is 293 g/mol. The van der Waals surface area contributed by atoms with Crippen LogP contribution in [-0.2, 0) is 6.54 Å². The average Bonchev–Trinajstić information content (AvgIpc) is 3.15. The molecule has 0 bridgehead atoms. The van der Waals surface area contributed by atoms with Crippen LogP contribution < -0.4 is 10.1 Å². The molecule has 0 aromatic carbocycles. The fraction of sp³-hybridized carbons (Fsp3) is 0.824. The zero-order valence-corrected chi connectivity index (χ0v) is 14.1. The Bertz CT molecular complexity index is 414. The molecule has 1 aromatic heterocycles. The molecule has 1 N–H and O–H groups in total. The molecule has 1 aromatic rings. The molecule has 2 rings (SSSR count). The van der Waals surface area contributed by atoms with Crippen LogP contribution in [0.3, 0.4) is 0 Å². The summed E-state index contributed by atoms with van der Waals surface area (Å²) in [5, 5.41) is 8.34. The third-order valence-electron chi connectivity index (χ3n) is 5.15. The molecule has 0 amide bonds. The van der Waals surface area contributed by atoms with Crippen LogP contribution in [0.25, 0.3) is 0 Å². The second-order valence-electron chi connectivity index (χ2n) is 6.22. The highest BCUT2D eigenvalue weighted by Crippen LogP contribution is 2.51. The van der Waals surface area contributed by atoms with Gasteiger partial charge < -0.3 is 10.1 Å². The summed E-state index contributed by atoms with van der Waals surface area (Å²) in [5.74, 6) is 0.935. The van der Waals surface area contributed by atoms with Gasteiger partial charge in [0.2, 0.25) is 0 Å². The third-order valence-corrected chi connectivity index (χ3v) is 5.15. The predicted octanol–water partition coefficient (Wildman–Crippen LogP) is 3.92. The van der Waals surface area contributed by atoms with Crippen molar-refractivity contribution < 1.29 is 4.74 Å². The van der Waals surface area contributed by atoms with Gasteiger partial charge in [0.1, 0.15) is 0 Å². The van der Waals surface area contributed by atoms with Crippen LogP contribution in [0, 0.1) is 5.41 Å². The Labute approximate surface area is 129 Å². The first-order valence-electron chi connectivity index (χ1n) is 8.55. The van der Waals surface area contributed by atoms with Gasteiger partial charge in [-0.05, 0) is 44.6 Å². The lowest BCUT2D eigenvalue weighted by atomic mass is 9.74. The lowest BCUT2D eigenvalue weighted by Gasteiger charge is -2.38. The van der Waals surface area contributed by atoms with E-state index in [2.05, 4.69) is 35.9 Å². The molecule has 1 heterocycles. The fourth-order valence-electron chi connectivity index (χ4n) is 3.90. The molecule has 0 aliphatic heterocycles. The molecular weight excluding hydrogens is 262 g/mol. The Hall–Kier alpha value is -1.03. The number of hydrogen-bond acceptors (Lipinski definition) is 3. The van der Waals surface area contributed by atoms with Crippen molar-refractivity contribution in [3.8, 4) is 5.75 Å². The van der Waals surface area contributed by atoms with E-state index in [4.69, 9.17) is 4.74 Å². The molecule has 1 atom stereocenters. The summed E-state index contributed by atoms with van der Waals surface area (Å²) in [6, 6.07) is 0.349. The zero-order chi connectivity index (χ0) is 15.3. The molecule has 1 saturated carbocycles. The van der Waals surface area contributed by atoms with Crippen molar-refractivity contribution in [1.29, 1.82) is 0 Å². The lowest BCUT2D eigenvalue weighted by Crippen LogP contribution is -2.38. The van der Waals surface area contributed by atoms with E-state index in [1.807, 2.05) is 6.20 Å². The number of methoxy groups -OCH3 is 1. The third kappa shape index (κ3) is 3.10. The smallest absolute Gasteiger partial charge is 0.161 e. The Balaban J connectivity index is 2.42. The van der Waals surface area contributed by atoms with E-state index in [1.165, 1.54) is 37.8 Å². The Morgan fingerprint density at radius 3 is 2.57 bits per heavy atom. The second kappa shape index (κ2) is 7.30. The molecular formula is C17H31N3O. The maximum absolute atomic E-state index is 5.61. The minimum atomic E-state index is 0.349. The summed E-state index contributed by atoms with van der Waals surface area (Å²) >= 11 is 0. The van der Waals surface area contributed by atoms with Crippen LogP contribution in [0.1, 0.15) is 71.0 Å². The van der Waals surface area contributed by atoms with E-state index < -0.39 is 0 Å². The molecule has 21 heavy (non-hydrogen) atoms. The Kier molecular flexibility index (Phi) is 5.68. The van der Waals surface area contributed by atoms with Gasteiger partial charge in [-0.2, -0.15) is 5.10 Å². The van der Waals surface area contributed by atoms with Crippen molar-refractivity contribution in [1.82, 2.24) is 15.1 Å². The Morgan fingerprint density at radius 1 is 1.33 bits per heavy atom. The van der Waals surface area contributed by atoms with Crippen LogP contribution in [-0.4, -0.2) is 23.4 Å². The highest BCUT2D eigenvalue weighted by Gasteiger charge is 2.43. The zero-order valence-electron chi connectivity index (χ0n) is 14.1. The van der Waals surface area contributed by atoms with Gasteiger partial charge in [0.15, 0.2) is 5.75 Å². The van der Waals surface area contributed by atoms with E-state index in [0.717, 1.165) is 25.3 Å². The second-order valence-corrected chi connectivity index (χ2v) is 6.22. The Morgan fingerprint density at radius 2 is 2.05 bits per heavy atom. The summed E-state index contributed by atoms with van der Waals surface area (Å²) in [6.45, 7) is 8.66. The number of rotatable bonds is 8. The lowest BCUT2D eigenvalue weighted by molar-refractivity contribution is 0.175. The molecule has 120 valence electrons. The van der Waals surface area contributed by atoms with Gasteiger partial charge in [-0.15, -0.1) is 0 Å². The molecule has 1 aliphatic rings. The number of nitrogens with one attached hydrogen (secondary N) is 1. The molecule has 4 heteroatoms. The summed E-state index contributed by atoms with van der Waals surface area (Å²) in [4.78, 5) is 0. The first-order valence-corrected chi connectivity index (χ1v) is 8.55. The van der Waals surface area contributed by atoms with Crippen molar-refractivity contribution in [3.63, 3.8) is 0 Å². The standard InChI is InChI=1S/C17H31N3O/c1-5-12-18-16(17(6-2)10-8-9-11-17)15-14(21-4)13-19-20(15)7-3/h13,16,18H,5-12H2,1-4H3. The fourth-order valence-corrected chi connectivity index (χ4v) is 3.90. The molecule has 1 aliphatic carbocycles. The first kappa shape index (κ1) is 16.3. The quantitative estimate of drug-likeness (QED) is 0.789. The topological polar surface area (TPSA) is 39.1 Å². The van der Waals surface area contributed by atoms with Gasteiger partial charge in [-0.1, -0.05) is 26.7 Å². The molecule has 1 fully saturated rings. The van der Waals surface area contributed by atoms with Crippen LogP contribution in [0.2, 0.25) is 0 Å². The molecule has 0 saturated heterocycles. The van der Waals surface area contributed by atoms with Crippen LogP contribution >= 0.6 is 0 Å². The predicted molar refractivity (Wildman–Crippen MR) is 86.7 cm³/mol. The summed E-state index contributed by atoms with van der Waals surface area (Å²) in [5.41, 5.74) is 1.60. The van der Waals surface area contributed by atoms with Gasteiger partial charge in [0.05, 0.1) is 25.0 Å². The minimum absolute atomic E-state index is 0.349. The number of aryl methyl sites for hydroxylation is 1. The molecule has 0 radical (unpaired) electrons. The van der Waals surface area contributed by atoms with Crippen molar-refractivity contribution >= 4 is 0 Å². The van der Waals surface area contributed by atoms with Crippen molar-refractivity contribution in [2.24, 2.45) is 5.41 Å². The normalized spacial score (nSPS) is 18.9. The van der Waals surface area contributed by atoms with Gasteiger partial charge in [-0.3, -0.25) is 4.68 Å². The maximum Gasteiger partial charge on any atom is 0.161 e. The average molecular weight is 293 g/mol. The highest BCUT2D eigenvalue weighted by atomic mass is 16.5. The van der Waals surface area contributed by atoms with E-state index in [-0.39, 0.29) is 0 Å². The number of ether oxygens (including phenoxy) is 1.